The normalized spacial score (nSPS) is 11.9. The van der Waals surface area contributed by atoms with Crippen LogP contribution in [0.25, 0.3) is 0 Å². The Kier molecular flexibility index (Phi) is 6.00. The molecule has 1 rings (SSSR count). The quantitative estimate of drug-likeness (QED) is 0.564. The summed E-state index contributed by atoms with van der Waals surface area (Å²) in [6.45, 7) is 4.38. The summed E-state index contributed by atoms with van der Waals surface area (Å²) < 4.78 is 23.6. The van der Waals surface area contributed by atoms with E-state index in [-0.39, 0.29) is 6.16 Å². The number of thiazole rings is 1. The van der Waals surface area contributed by atoms with E-state index in [1.165, 1.54) is 0 Å². The Hall–Kier alpha value is 0.130. The second kappa shape index (κ2) is 6.77. The SMILES string of the molecule is CCOP(=O)(Cc1csc(SC)n1)OCC. The fourth-order valence-electron chi connectivity index (χ4n) is 1.18. The molecule has 1 aromatic rings. The van der Waals surface area contributed by atoms with Crippen LogP contribution >= 0.6 is 30.7 Å². The van der Waals surface area contributed by atoms with E-state index in [2.05, 4.69) is 4.98 Å². The van der Waals surface area contributed by atoms with Crippen molar-refractivity contribution in [3.05, 3.63) is 11.1 Å². The molecule has 0 N–H and O–H groups in total. The number of rotatable bonds is 7. The smallest absolute Gasteiger partial charge is 0.309 e. The average Bonchev–Trinajstić information content (AvgIpc) is 2.65. The lowest BCUT2D eigenvalue weighted by Gasteiger charge is -2.15. The Balaban J connectivity index is 2.71. The van der Waals surface area contributed by atoms with Crippen molar-refractivity contribution in [1.82, 2.24) is 4.98 Å². The first-order valence-electron chi connectivity index (χ1n) is 5.00. The minimum atomic E-state index is -3.00. The van der Waals surface area contributed by atoms with E-state index >= 15 is 0 Å². The third kappa shape index (κ3) is 4.18. The van der Waals surface area contributed by atoms with Crippen molar-refractivity contribution in [2.45, 2.75) is 24.3 Å². The van der Waals surface area contributed by atoms with Gasteiger partial charge in [-0.05, 0) is 20.1 Å². The Morgan fingerprint density at radius 1 is 1.44 bits per heavy atom. The zero-order valence-corrected chi connectivity index (χ0v) is 12.2. The number of hydrogen-bond donors (Lipinski definition) is 0. The molecule has 0 aliphatic rings. The Morgan fingerprint density at radius 2 is 2.06 bits per heavy atom. The van der Waals surface area contributed by atoms with E-state index in [1.807, 2.05) is 11.6 Å². The summed E-state index contributed by atoms with van der Waals surface area (Å²) in [5, 5.41) is 1.90. The van der Waals surface area contributed by atoms with Gasteiger partial charge in [-0.15, -0.1) is 11.3 Å². The number of nitrogens with zero attached hydrogens (tertiary/aromatic N) is 1. The second-order valence-electron chi connectivity index (χ2n) is 2.91. The van der Waals surface area contributed by atoms with Crippen LogP contribution < -0.4 is 0 Å². The molecular formula is C9H16NO3PS2. The number of thioether (sulfide) groups is 1. The molecular weight excluding hydrogens is 265 g/mol. The molecule has 1 aromatic heterocycles. The van der Waals surface area contributed by atoms with Gasteiger partial charge in [0.05, 0.1) is 25.1 Å². The van der Waals surface area contributed by atoms with Crippen molar-refractivity contribution in [3.8, 4) is 0 Å². The van der Waals surface area contributed by atoms with Gasteiger partial charge in [-0.1, -0.05) is 11.8 Å². The van der Waals surface area contributed by atoms with Crippen LogP contribution in [-0.4, -0.2) is 24.5 Å². The predicted molar refractivity (Wildman–Crippen MR) is 68.5 cm³/mol. The van der Waals surface area contributed by atoms with Crippen LogP contribution in [-0.2, 0) is 19.8 Å². The molecule has 0 aliphatic heterocycles. The molecule has 16 heavy (non-hydrogen) atoms. The molecule has 0 bridgehead atoms. The van der Waals surface area contributed by atoms with Gasteiger partial charge in [0.2, 0.25) is 0 Å². The topological polar surface area (TPSA) is 48.4 Å². The molecule has 0 spiro atoms. The van der Waals surface area contributed by atoms with Crippen molar-refractivity contribution in [2.24, 2.45) is 0 Å². The first-order valence-corrected chi connectivity index (χ1v) is 8.83. The Bertz CT molecular complexity index is 359. The highest BCUT2D eigenvalue weighted by Gasteiger charge is 2.25. The lowest BCUT2D eigenvalue weighted by Crippen LogP contribution is -1.99. The van der Waals surface area contributed by atoms with Crippen LogP contribution in [0.4, 0.5) is 0 Å². The van der Waals surface area contributed by atoms with Crippen molar-refractivity contribution in [1.29, 1.82) is 0 Å². The first kappa shape index (κ1) is 14.2. The highest BCUT2D eigenvalue weighted by atomic mass is 32.2. The predicted octanol–water partition coefficient (Wildman–Crippen LogP) is 3.63. The molecule has 0 radical (unpaired) electrons. The molecule has 0 aromatic carbocycles. The van der Waals surface area contributed by atoms with Crippen LogP contribution in [0.5, 0.6) is 0 Å². The molecule has 0 saturated carbocycles. The van der Waals surface area contributed by atoms with Gasteiger partial charge in [0, 0.05) is 5.38 Å². The van der Waals surface area contributed by atoms with Gasteiger partial charge in [0.1, 0.15) is 4.34 Å². The average molecular weight is 281 g/mol. The minimum Gasteiger partial charge on any atom is -0.309 e. The molecule has 0 aliphatic carbocycles. The fraction of sp³-hybridized carbons (Fsp3) is 0.667. The molecule has 0 amide bonds. The van der Waals surface area contributed by atoms with Crippen LogP contribution in [0.2, 0.25) is 0 Å². The zero-order valence-electron chi connectivity index (χ0n) is 9.63. The lowest BCUT2D eigenvalue weighted by atomic mass is 10.6. The Labute approximate surface area is 104 Å². The maximum Gasteiger partial charge on any atom is 0.336 e. The molecule has 1 heterocycles. The third-order valence-corrected chi connectivity index (χ3v) is 5.64. The van der Waals surface area contributed by atoms with E-state index in [4.69, 9.17) is 9.05 Å². The van der Waals surface area contributed by atoms with Crippen molar-refractivity contribution < 1.29 is 13.6 Å². The van der Waals surface area contributed by atoms with Gasteiger partial charge in [-0.3, -0.25) is 4.57 Å². The van der Waals surface area contributed by atoms with E-state index in [0.717, 1.165) is 10.0 Å². The minimum absolute atomic E-state index is 0.256. The monoisotopic (exact) mass is 281 g/mol. The van der Waals surface area contributed by atoms with E-state index < -0.39 is 7.60 Å². The molecule has 4 nitrogen and oxygen atoms in total. The van der Waals surface area contributed by atoms with Crippen molar-refractivity contribution in [3.63, 3.8) is 0 Å². The van der Waals surface area contributed by atoms with Crippen molar-refractivity contribution in [2.75, 3.05) is 19.5 Å². The largest absolute Gasteiger partial charge is 0.336 e. The first-order chi connectivity index (χ1) is 7.63. The van der Waals surface area contributed by atoms with Crippen LogP contribution in [0, 0.1) is 0 Å². The molecule has 0 atom stereocenters. The highest BCUT2D eigenvalue weighted by Crippen LogP contribution is 2.51. The van der Waals surface area contributed by atoms with Gasteiger partial charge in [-0.2, -0.15) is 0 Å². The zero-order chi connectivity index (χ0) is 12.0. The molecule has 0 fully saturated rings. The van der Waals surface area contributed by atoms with Crippen molar-refractivity contribution >= 4 is 30.7 Å². The van der Waals surface area contributed by atoms with E-state index in [1.54, 1.807) is 36.9 Å². The van der Waals surface area contributed by atoms with Crippen LogP contribution in [0.15, 0.2) is 9.72 Å². The third-order valence-electron chi connectivity index (χ3n) is 1.71. The second-order valence-corrected chi connectivity index (χ2v) is 6.88. The van der Waals surface area contributed by atoms with Gasteiger partial charge in [0.25, 0.3) is 0 Å². The summed E-state index contributed by atoms with van der Waals surface area (Å²) in [7, 11) is -3.00. The standard InChI is InChI=1S/C9H16NO3PS2/c1-4-12-14(11,13-5-2)6-8-7-16-9(10-8)15-3/h7H,4-6H2,1-3H3. The number of aromatic nitrogens is 1. The fourth-order valence-corrected chi connectivity index (χ4v) is 4.18. The van der Waals surface area contributed by atoms with E-state index in [0.29, 0.717) is 13.2 Å². The van der Waals surface area contributed by atoms with Crippen LogP contribution in [0.1, 0.15) is 19.5 Å². The molecule has 92 valence electrons. The summed E-state index contributed by atoms with van der Waals surface area (Å²) >= 11 is 3.12. The van der Waals surface area contributed by atoms with Crippen LogP contribution in [0.3, 0.4) is 0 Å². The van der Waals surface area contributed by atoms with Gasteiger partial charge < -0.3 is 9.05 Å². The summed E-state index contributed by atoms with van der Waals surface area (Å²) in [5.41, 5.74) is 0.777. The van der Waals surface area contributed by atoms with Gasteiger partial charge >= 0.3 is 7.60 Å². The Morgan fingerprint density at radius 3 is 2.50 bits per heavy atom. The van der Waals surface area contributed by atoms with E-state index in [9.17, 15) is 4.57 Å². The highest BCUT2D eigenvalue weighted by molar-refractivity contribution is 8.00. The summed E-state index contributed by atoms with van der Waals surface area (Å²) in [5.74, 6) is 0. The summed E-state index contributed by atoms with van der Waals surface area (Å²) in [6, 6.07) is 0. The summed E-state index contributed by atoms with van der Waals surface area (Å²) in [6.07, 6.45) is 2.22. The molecule has 0 unspecified atom stereocenters. The summed E-state index contributed by atoms with van der Waals surface area (Å²) in [4.78, 5) is 4.33. The van der Waals surface area contributed by atoms with Gasteiger partial charge in [-0.25, -0.2) is 4.98 Å². The maximum absolute atomic E-state index is 12.2. The maximum atomic E-state index is 12.2. The molecule has 0 saturated heterocycles. The number of hydrogen-bond acceptors (Lipinski definition) is 6. The van der Waals surface area contributed by atoms with Gasteiger partial charge in [0.15, 0.2) is 0 Å². The molecule has 7 heteroatoms. The lowest BCUT2D eigenvalue weighted by molar-refractivity contribution is 0.219.